The van der Waals surface area contributed by atoms with E-state index in [1.165, 1.54) is 44.6 Å². The van der Waals surface area contributed by atoms with E-state index in [0.29, 0.717) is 11.4 Å². The zero-order valence-corrected chi connectivity index (χ0v) is 18.5. The van der Waals surface area contributed by atoms with Gasteiger partial charge in [0.25, 0.3) is 5.91 Å². The van der Waals surface area contributed by atoms with Crippen LogP contribution in [0.15, 0.2) is 60.7 Å². The lowest BCUT2D eigenvalue weighted by atomic mass is 10.1. The Morgan fingerprint density at radius 3 is 2.47 bits per heavy atom. The summed E-state index contributed by atoms with van der Waals surface area (Å²) in [6.07, 6.45) is 0. The minimum absolute atomic E-state index is 0.0837. The monoisotopic (exact) mass is 464 g/mol. The largest absolute Gasteiger partial charge is 0.495 e. The topological polar surface area (TPSA) is 107 Å². The van der Waals surface area contributed by atoms with Crippen molar-refractivity contribution in [2.24, 2.45) is 0 Å². The van der Waals surface area contributed by atoms with E-state index in [-0.39, 0.29) is 41.4 Å². The maximum atomic E-state index is 13.9. The van der Waals surface area contributed by atoms with Crippen molar-refractivity contribution < 1.29 is 32.9 Å². The van der Waals surface area contributed by atoms with E-state index in [1.54, 1.807) is 24.3 Å². The molecule has 0 saturated heterocycles. The summed E-state index contributed by atoms with van der Waals surface area (Å²) < 4.78 is 35.0. The molecule has 0 aromatic heterocycles. The van der Waals surface area contributed by atoms with Crippen molar-refractivity contribution in [1.82, 2.24) is 0 Å². The Morgan fingerprint density at radius 1 is 0.971 bits per heavy atom. The third-order valence-corrected chi connectivity index (χ3v) is 4.67. The van der Waals surface area contributed by atoms with Crippen molar-refractivity contribution in [3.8, 4) is 23.3 Å². The highest BCUT2D eigenvalue weighted by atomic mass is 19.1. The van der Waals surface area contributed by atoms with Crippen LogP contribution in [0.5, 0.6) is 17.2 Å². The lowest BCUT2D eigenvalue weighted by molar-refractivity contribution is -0.118. The number of nitriles is 1. The molecule has 0 spiro atoms. The highest BCUT2D eigenvalue weighted by Crippen LogP contribution is 2.29. The van der Waals surface area contributed by atoms with Crippen LogP contribution < -0.4 is 19.5 Å². The Morgan fingerprint density at radius 2 is 1.74 bits per heavy atom. The second kappa shape index (κ2) is 11.3. The molecular weight excluding hydrogens is 443 g/mol. The van der Waals surface area contributed by atoms with E-state index in [1.807, 2.05) is 6.07 Å². The SMILES string of the molecule is COc1ccccc1NC(=O)COc1ccc(C(=O)OCc2cc(C#N)ccc2F)cc1OC. The number of carbonyl (C=O) groups is 2. The third kappa shape index (κ3) is 6.01. The number of benzene rings is 3. The number of nitrogens with zero attached hydrogens (tertiary/aromatic N) is 1. The Kier molecular flexibility index (Phi) is 8.02. The summed E-state index contributed by atoms with van der Waals surface area (Å²) in [6.45, 7) is -0.656. The van der Waals surface area contributed by atoms with Crippen molar-refractivity contribution in [2.75, 3.05) is 26.1 Å². The number of anilines is 1. The van der Waals surface area contributed by atoms with Gasteiger partial charge in [0, 0.05) is 5.56 Å². The van der Waals surface area contributed by atoms with Gasteiger partial charge in [0.15, 0.2) is 18.1 Å². The summed E-state index contributed by atoms with van der Waals surface area (Å²) in [7, 11) is 2.88. The van der Waals surface area contributed by atoms with E-state index in [9.17, 15) is 14.0 Å². The summed E-state index contributed by atoms with van der Waals surface area (Å²) in [6, 6.07) is 16.9. The predicted octanol–water partition coefficient (Wildman–Crippen LogP) is 4.09. The van der Waals surface area contributed by atoms with Gasteiger partial charge in [-0.25, -0.2) is 9.18 Å². The minimum atomic E-state index is -0.722. The number of halogens is 1. The van der Waals surface area contributed by atoms with E-state index < -0.39 is 17.7 Å². The molecule has 0 saturated carbocycles. The van der Waals surface area contributed by atoms with Gasteiger partial charge in [-0.15, -0.1) is 0 Å². The molecule has 0 heterocycles. The molecule has 1 amide bonds. The summed E-state index contributed by atoms with van der Waals surface area (Å²) in [5.41, 5.74) is 0.977. The first-order valence-corrected chi connectivity index (χ1v) is 10.0. The maximum Gasteiger partial charge on any atom is 0.338 e. The molecule has 3 aromatic rings. The first-order chi connectivity index (χ1) is 16.4. The molecule has 9 heteroatoms. The number of hydrogen-bond donors (Lipinski definition) is 1. The van der Waals surface area contributed by atoms with Crippen molar-refractivity contribution in [1.29, 1.82) is 5.26 Å². The number of carbonyl (C=O) groups excluding carboxylic acids is 2. The van der Waals surface area contributed by atoms with Crippen LogP contribution in [0.2, 0.25) is 0 Å². The lowest BCUT2D eigenvalue weighted by Gasteiger charge is -2.13. The van der Waals surface area contributed by atoms with Crippen LogP contribution in [-0.4, -0.2) is 32.7 Å². The minimum Gasteiger partial charge on any atom is -0.495 e. The molecule has 174 valence electrons. The Bertz CT molecular complexity index is 1240. The maximum absolute atomic E-state index is 13.9. The number of nitrogens with one attached hydrogen (secondary N) is 1. The number of para-hydroxylation sites is 2. The van der Waals surface area contributed by atoms with Crippen molar-refractivity contribution in [3.63, 3.8) is 0 Å². The molecule has 3 rings (SSSR count). The summed E-state index contributed by atoms with van der Waals surface area (Å²) in [4.78, 5) is 24.7. The van der Waals surface area contributed by atoms with Gasteiger partial charge < -0.3 is 24.3 Å². The fraction of sp³-hybridized carbons (Fsp3) is 0.160. The summed E-state index contributed by atoms with van der Waals surface area (Å²) >= 11 is 0. The van der Waals surface area contributed by atoms with Gasteiger partial charge in [-0.3, -0.25) is 4.79 Å². The molecule has 1 N–H and O–H groups in total. The zero-order chi connectivity index (χ0) is 24.5. The number of methoxy groups -OCH3 is 2. The van der Waals surface area contributed by atoms with E-state index in [4.69, 9.17) is 24.2 Å². The summed E-state index contributed by atoms with van der Waals surface area (Å²) in [5, 5.41) is 11.6. The normalized spacial score (nSPS) is 10.1. The number of amides is 1. The molecule has 3 aromatic carbocycles. The van der Waals surface area contributed by atoms with Gasteiger partial charge >= 0.3 is 5.97 Å². The van der Waals surface area contributed by atoms with E-state index in [2.05, 4.69) is 5.32 Å². The smallest absolute Gasteiger partial charge is 0.338 e. The molecule has 0 unspecified atom stereocenters. The number of hydrogen-bond acceptors (Lipinski definition) is 7. The van der Waals surface area contributed by atoms with Crippen molar-refractivity contribution in [3.05, 3.63) is 83.2 Å². The van der Waals surface area contributed by atoms with Crippen LogP contribution in [0.25, 0.3) is 0 Å². The van der Waals surface area contributed by atoms with Crippen molar-refractivity contribution in [2.45, 2.75) is 6.61 Å². The first-order valence-electron chi connectivity index (χ1n) is 10.0. The molecule has 0 bridgehead atoms. The van der Waals surface area contributed by atoms with Crippen LogP contribution >= 0.6 is 0 Å². The second-order valence-corrected chi connectivity index (χ2v) is 6.90. The average Bonchev–Trinajstić information content (AvgIpc) is 2.87. The van der Waals surface area contributed by atoms with Gasteiger partial charge in [0.2, 0.25) is 0 Å². The van der Waals surface area contributed by atoms with Crippen molar-refractivity contribution >= 4 is 17.6 Å². The lowest BCUT2D eigenvalue weighted by Crippen LogP contribution is -2.20. The molecule has 8 nitrogen and oxygen atoms in total. The molecule has 0 atom stereocenters. The number of ether oxygens (including phenoxy) is 4. The van der Waals surface area contributed by atoms with Crippen LogP contribution in [0.1, 0.15) is 21.5 Å². The van der Waals surface area contributed by atoms with E-state index >= 15 is 0 Å². The number of rotatable bonds is 9. The predicted molar refractivity (Wildman–Crippen MR) is 120 cm³/mol. The Balaban J connectivity index is 1.62. The molecule has 0 fully saturated rings. The van der Waals surface area contributed by atoms with Gasteiger partial charge in [0.1, 0.15) is 18.2 Å². The molecule has 0 aliphatic heterocycles. The average molecular weight is 464 g/mol. The van der Waals surface area contributed by atoms with E-state index in [0.717, 1.165) is 6.07 Å². The summed E-state index contributed by atoms with van der Waals surface area (Å²) in [5.74, 6) is -0.772. The van der Waals surface area contributed by atoms with Crippen LogP contribution in [-0.2, 0) is 16.1 Å². The second-order valence-electron chi connectivity index (χ2n) is 6.90. The molecule has 0 aliphatic rings. The first kappa shape index (κ1) is 24.1. The fourth-order valence-electron chi connectivity index (χ4n) is 2.97. The molecule has 0 radical (unpaired) electrons. The van der Waals surface area contributed by atoms with Crippen LogP contribution in [0.3, 0.4) is 0 Å². The Labute approximate surface area is 195 Å². The van der Waals surface area contributed by atoms with Gasteiger partial charge in [-0.2, -0.15) is 5.26 Å². The van der Waals surface area contributed by atoms with Gasteiger partial charge in [0.05, 0.1) is 37.1 Å². The molecule has 34 heavy (non-hydrogen) atoms. The van der Waals surface area contributed by atoms with Gasteiger partial charge in [-0.1, -0.05) is 12.1 Å². The fourth-order valence-corrected chi connectivity index (χ4v) is 2.97. The molecular formula is C25H21FN2O6. The Hall–Kier alpha value is -4.58. The highest BCUT2D eigenvalue weighted by Gasteiger charge is 2.15. The third-order valence-electron chi connectivity index (χ3n) is 4.67. The van der Waals surface area contributed by atoms with Crippen LogP contribution in [0.4, 0.5) is 10.1 Å². The highest BCUT2D eigenvalue weighted by molar-refractivity contribution is 5.93. The zero-order valence-electron chi connectivity index (χ0n) is 18.5. The van der Waals surface area contributed by atoms with Crippen LogP contribution in [0, 0.1) is 17.1 Å². The van der Waals surface area contributed by atoms with Gasteiger partial charge in [-0.05, 0) is 48.5 Å². The molecule has 0 aliphatic carbocycles. The quantitative estimate of drug-likeness (QED) is 0.475. The standard InChI is InChI=1S/C25H21FN2O6/c1-31-21-6-4-3-5-20(21)28-24(29)15-33-22-10-8-17(12-23(22)32-2)25(30)34-14-18-11-16(13-27)7-9-19(18)26/h3-12H,14-15H2,1-2H3,(H,28,29). The number of esters is 1.